The Morgan fingerprint density at radius 3 is 2.58 bits per heavy atom. The van der Waals surface area contributed by atoms with E-state index in [2.05, 4.69) is 10.4 Å². The Balaban J connectivity index is 1.47. The molecule has 0 atom stereocenters. The molecule has 1 N–H and O–H groups in total. The number of rotatable bonds is 8. The number of nitrogens with zero attached hydrogens (tertiary/aromatic N) is 3. The average molecular weight is 547 g/mol. The standard InChI is InChI=1S/C25H18ClF3N4O5/c1-15-9-19(5-6-22(15)26)37-14-32-8-7-23(31-32)24(34)30-17-11-18(33(35)36)13-21(12-17)38-20-4-2-3-16(10-20)25(27,28)29/h2-13H,14H2,1H3,(H,30,34). The van der Waals surface area contributed by atoms with Crippen LogP contribution in [0.5, 0.6) is 17.2 Å². The number of carbonyl (C=O) groups excluding carboxylic acids is 1. The lowest BCUT2D eigenvalue weighted by atomic mass is 10.2. The second-order valence-electron chi connectivity index (χ2n) is 7.98. The van der Waals surface area contributed by atoms with E-state index in [1.54, 1.807) is 18.2 Å². The molecule has 0 aliphatic heterocycles. The van der Waals surface area contributed by atoms with Crippen LogP contribution in [0.1, 0.15) is 21.6 Å². The van der Waals surface area contributed by atoms with Crippen molar-refractivity contribution in [2.45, 2.75) is 19.8 Å². The fraction of sp³-hybridized carbons (Fsp3) is 0.120. The van der Waals surface area contributed by atoms with E-state index in [0.717, 1.165) is 35.9 Å². The molecular formula is C25H18ClF3N4O5. The fourth-order valence-corrected chi connectivity index (χ4v) is 3.41. The van der Waals surface area contributed by atoms with Crippen LogP contribution in [-0.2, 0) is 12.9 Å². The Morgan fingerprint density at radius 2 is 1.87 bits per heavy atom. The zero-order valence-electron chi connectivity index (χ0n) is 19.5. The number of nitrogens with one attached hydrogen (secondary N) is 1. The maximum atomic E-state index is 13.0. The molecule has 0 aliphatic carbocycles. The Bertz CT molecular complexity index is 1510. The molecule has 0 saturated heterocycles. The Labute approximate surface area is 218 Å². The van der Waals surface area contributed by atoms with Crippen LogP contribution in [0, 0.1) is 17.0 Å². The first kappa shape index (κ1) is 26.5. The van der Waals surface area contributed by atoms with Gasteiger partial charge in [0.05, 0.1) is 22.2 Å². The fourth-order valence-electron chi connectivity index (χ4n) is 3.29. The molecule has 3 aromatic carbocycles. The molecule has 0 aliphatic rings. The van der Waals surface area contributed by atoms with Crippen molar-refractivity contribution >= 4 is 28.9 Å². The second kappa shape index (κ2) is 10.8. The van der Waals surface area contributed by atoms with E-state index in [4.69, 9.17) is 21.1 Å². The molecule has 0 fully saturated rings. The highest BCUT2D eigenvalue weighted by Gasteiger charge is 2.30. The number of benzene rings is 3. The van der Waals surface area contributed by atoms with E-state index in [1.807, 2.05) is 6.92 Å². The van der Waals surface area contributed by atoms with Crippen molar-refractivity contribution < 1.29 is 32.4 Å². The third-order valence-corrected chi connectivity index (χ3v) is 5.55. The van der Waals surface area contributed by atoms with Gasteiger partial charge in [0, 0.05) is 23.4 Å². The minimum atomic E-state index is -4.59. The van der Waals surface area contributed by atoms with Gasteiger partial charge in [0.1, 0.15) is 17.2 Å². The summed E-state index contributed by atoms with van der Waals surface area (Å²) in [7, 11) is 0. The first-order valence-electron chi connectivity index (χ1n) is 10.9. The number of anilines is 1. The highest BCUT2D eigenvalue weighted by atomic mass is 35.5. The van der Waals surface area contributed by atoms with Gasteiger partial charge in [-0.1, -0.05) is 17.7 Å². The zero-order chi connectivity index (χ0) is 27.4. The van der Waals surface area contributed by atoms with Crippen LogP contribution in [-0.4, -0.2) is 20.6 Å². The SMILES string of the molecule is Cc1cc(OCn2ccc(C(=O)Nc3cc(Oc4cccc(C(F)(F)F)c4)cc([N+](=O)[O-])c3)n2)ccc1Cl. The first-order valence-corrected chi connectivity index (χ1v) is 11.2. The summed E-state index contributed by atoms with van der Waals surface area (Å²) in [6, 6.07) is 14.0. The van der Waals surface area contributed by atoms with Gasteiger partial charge in [-0.3, -0.25) is 14.9 Å². The summed E-state index contributed by atoms with van der Waals surface area (Å²) in [5.41, 5.74) is -0.582. The van der Waals surface area contributed by atoms with Crippen molar-refractivity contribution in [1.82, 2.24) is 9.78 Å². The summed E-state index contributed by atoms with van der Waals surface area (Å²) in [6.07, 6.45) is -3.09. The van der Waals surface area contributed by atoms with E-state index in [1.165, 1.54) is 29.1 Å². The zero-order valence-corrected chi connectivity index (χ0v) is 20.3. The molecule has 0 unspecified atom stereocenters. The maximum absolute atomic E-state index is 13.0. The highest BCUT2D eigenvalue weighted by molar-refractivity contribution is 6.31. The van der Waals surface area contributed by atoms with Gasteiger partial charge in [0.2, 0.25) is 0 Å². The van der Waals surface area contributed by atoms with E-state index in [9.17, 15) is 28.1 Å². The molecule has 38 heavy (non-hydrogen) atoms. The summed E-state index contributed by atoms with van der Waals surface area (Å²) < 4.78 is 51.4. The summed E-state index contributed by atoms with van der Waals surface area (Å²) in [5, 5.41) is 18.6. The average Bonchev–Trinajstić information content (AvgIpc) is 3.33. The number of ether oxygens (including phenoxy) is 2. The summed E-state index contributed by atoms with van der Waals surface area (Å²) >= 11 is 6.00. The summed E-state index contributed by atoms with van der Waals surface area (Å²) in [5.74, 6) is -0.465. The normalized spacial score (nSPS) is 11.2. The number of hydrogen-bond acceptors (Lipinski definition) is 6. The smallest absolute Gasteiger partial charge is 0.416 e. The predicted molar refractivity (Wildman–Crippen MR) is 132 cm³/mol. The monoisotopic (exact) mass is 546 g/mol. The molecule has 1 amide bonds. The van der Waals surface area contributed by atoms with Gasteiger partial charge in [-0.25, -0.2) is 4.68 Å². The molecule has 4 rings (SSSR count). The van der Waals surface area contributed by atoms with Crippen LogP contribution in [0.15, 0.2) is 72.9 Å². The lowest BCUT2D eigenvalue weighted by Crippen LogP contribution is -2.14. The van der Waals surface area contributed by atoms with Gasteiger partial charge >= 0.3 is 6.18 Å². The second-order valence-corrected chi connectivity index (χ2v) is 8.39. The highest BCUT2D eigenvalue weighted by Crippen LogP contribution is 2.34. The first-order chi connectivity index (χ1) is 18.0. The van der Waals surface area contributed by atoms with Crippen LogP contribution in [0.3, 0.4) is 0 Å². The van der Waals surface area contributed by atoms with Crippen LogP contribution >= 0.6 is 11.6 Å². The van der Waals surface area contributed by atoms with Crippen LogP contribution in [0.2, 0.25) is 5.02 Å². The van der Waals surface area contributed by atoms with Crippen LogP contribution < -0.4 is 14.8 Å². The molecule has 0 bridgehead atoms. The lowest BCUT2D eigenvalue weighted by molar-refractivity contribution is -0.384. The van der Waals surface area contributed by atoms with E-state index in [-0.39, 0.29) is 29.6 Å². The number of halogens is 4. The largest absolute Gasteiger partial charge is 0.471 e. The molecule has 1 heterocycles. The van der Waals surface area contributed by atoms with E-state index in [0.29, 0.717) is 10.8 Å². The third-order valence-electron chi connectivity index (χ3n) is 5.12. The number of aromatic nitrogens is 2. The van der Waals surface area contributed by atoms with Crippen molar-refractivity contribution in [3.63, 3.8) is 0 Å². The van der Waals surface area contributed by atoms with E-state index < -0.39 is 28.3 Å². The van der Waals surface area contributed by atoms with Crippen LogP contribution in [0.4, 0.5) is 24.5 Å². The van der Waals surface area contributed by atoms with Crippen molar-refractivity contribution in [1.29, 1.82) is 0 Å². The number of carbonyl (C=O) groups is 1. The van der Waals surface area contributed by atoms with Crippen molar-refractivity contribution in [3.05, 3.63) is 105 Å². The minimum Gasteiger partial charge on any atom is -0.471 e. The Morgan fingerprint density at radius 1 is 1.08 bits per heavy atom. The van der Waals surface area contributed by atoms with Crippen LogP contribution in [0.25, 0.3) is 0 Å². The van der Waals surface area contributed by atoms with Gasteiger partial charge < -0.3 is 14.8 Å². The molecule has 9 nitrogen and oxygen atoms in total. The van der Waals surface area contributed by atoms with Gasteiger partial charge in [-0.15, -0.1) is 0 Å². The van der Waals surface area contributed by atoms with Gasteiger partial charge in [0.25, 0.3) is 11.6 Å². The molecule has 1 aromatic heterocycles. The van der Waals surface area contributed by atoms with Gasteiger partial charge in [0.15, 0.2) is 12.4 Å². The molecule has 0 radical (unpaired) electrons. The number of non-ortho nitro benzene ring substituents is 1. The number of nitro benzene ring substituents is 1. The number of alkyl halides is 3. The number of hydrogen-bond donors (Lipinski definition) is 1. The maximum Gasteiger partial charge on any atom is 0.416 e. The quantitative estimate of drug-likeness (QED) is 0.191. The third kappa shape index (κ3) is 6.59. The molecular weight excluding hydrogens is 529 g/mol. The predicted octanol–water partition coefficient (Wildman–Crippen LogP) is 6.85. The Hall–Kier alpha value is -4.58. The molecule has 4 aromatic rings. The number of amides is 1. The van der Waals surface area contributed by atoms with Crippen molar-refractivity contribution in [3.8, 4) is 17.2 Å². The summed E-state index contributed by atoms with van der Waals surface area (Å²) in [4.78, 5) is 23.4. The lowest BCUT2D eigenvalue weighted by Gasteiger charge is -2.11. The molecule has 196 valence electrons. The Kier molecular flexibility index (Phi) is 7.53. The van der Waals surface area contributed by atoms with Crippen molar-refractivity contribution in [2.24, 2.45) is 0 Å². The number of aryl methyl sites for hydroxylation is 1. The molecule has 13 heteroatoms. The molecule has 0 saturated carbocycles. The summed E-state index contributed by atoms with van der Waals surface area (Å²) in [6.45, 7) is 1.83. The number of nitro groups is 1. The van der Waals surface area contributed by atoms with E-state index >= 15 is 0 Å². The minimum absolute atomic E-state index is 0.000138. The van der Waals surface area contributed by atoms with Crippen molar-refractivity contribution in [2.75, 3.05) is 5.32 Å². The molecule has 0 spiro atoms. The van der Waals surface area contributed by atoms with Gasteiger partial charge in [-0.05, 0) is 55.0 Å². The van der Waals surface area contributed by atoms with Gasteiger partial charge in [-0.2, -0.15) is 18.3 Å². The topological polar surface area (TPSA) is 109 Å².